The number of thiophene rings is 1. The second-order valence-electron chi connectivity index (χ2n) is 4.79. The molecular weight excluding hydrogens is 382 g/mol. The van der Waals surface area contributed by atoms with Crippen molar-refractivity contribution in [2.45, 2.75) is 38.3 Å². The van der Waals surface area contributed by atoms with Crippen LogP contribution >= 0.6 is 43.2 Å². The van der Waals surface area contributed by atoms with Gasteiger partial charge in [-0.25, -0.2) is 0 Å². The number of likely N-dealkylation sites (tertiary alicyclic amines) is 1. The van der Waals surface area contributed by atoms with Gasteiger partial charge in [0, 0.05) is 15.9 Å². The third-order valence-electron chi connectivity index (χ3n) is 3.54. The van der Waals surface area contributed by atoms with Crippen molar-refractivity contribution in [1.29, 1.82) is 0 Å². The first kappa shape index (κ1) is 14.5. The maximum absolute atomic E-state index is 11.5. The van der Waals surface area contributed by atoms with Gasteiger partial charge in [-0.3, -0.25) is 9.69 Å². The number of aliphatic carboxylic acids is 1. The zero-order valence-corrected chi connectivity index (χ0v) is 14.1. The lowest BCUT2D eigenvalue weighted by Gasteiger charge is -2.41. The highest BCUT2D eigenvalue weighted by atomic mass is 79.9. The van der Waals surface area contributed by atoms with E-state index in [0.717, 1.165) is 34.1 Å². The number of nitrogens with zero attached hydrogens (tertiary/aromatic N) is 1. The van der Waals surface area contributed by atoms with Crippen molar-refractivity contribution in [2.24, 2.45) is 0 Å². The first-order valence-electron chi connectivity index (χ1n) is 5.85. The summed E-state index contributed by atoms with van der Waals surface area (Å²) in [5.74, 6) is -0.711. The number of hydrogen-bond donors (Lipinski definition) is 1. The molecule has 1 aromatic heterocycles. The van der Waals surface area contributed by atoms with Crippen LogP contribution in [0.2, 0.25) is 0 Å². The van der Waals surface area contributed by atoms with E-state index in [1.807, 2.05) is 6.92 Å². The second kappa shape index (κ2) is 5.61. The quantitative estimate of drug-likeness (QED) is 0.835. The molecule has 1 aliphatic rings. The van der Waals surface area contributed by atoms with Crippen LogP contribution < -0.4 is 0 Å². The van der Waals surface area contributed by atoms with Crippen LogP contribution in [0.4, 0.5) is 0 Å². The fourth-order valence-electron chi connectivity index (χ4n) is 2.33. The second-order valence-corrected chi connectivity index (χ2v) is 8.10. The fourth-order valence-corrected chi connectivity index (χ4v) is 4.52. The van der Waals surface area contributed by atoms with Crippen molar-refractivity contribution < 1.29 is 9.90 Å². The van der Waals surface area contributed by atoms with E-state index in [2.05, 4.69) is 42.8 Å². The molecule has 1 unspecified atom stereocenters. The summed E-state index contributed by atoms with van der Waals surface area (Å²) >= 11 is 8.60. The van der Waals surface area contributed by atoms with Gasteiger partial charge in [-0.05, 0) is 70.7 Å². The van der Waals surface area contributed by atoms with Crippen molar-refractivity contribution >= 4 is 49.2 Å². The van der Waals surface area contributed by atoms with E-state index >= 15 is 0 Å². The molecule has 0 bridgehead atoms. The van der Waals surface area contributed by atoms with Crippen molar-refractivity contribution in [3.63, 3.8) is 0 Å². The van der Waals surface area contributed by atoms with E-state index in [-0.39, 0.29) is 0 Å². The molecule has 0 aromatic carbocycles. The minimum Gasteiger partial charge on any atom is -0.480 e. The number of carboxylic acids is 1. The molecule has 18 heavy (non-hydrogen) atoms. The van der Waals surface area contributed by atoms with Crippen LogP contribution in [0.25, 0.3) is 0 Å². The van der Waals surface area contributed by atoms with Gasteiger partial charge in [0.25, 0.3) is 0 Å². The van der Waals surface area contributed by atoms with Crippen molar-refractivity contribution in [1.82, 2.24) is 4.90 Å². The topological polar surface area (TPSA) is 40.5 Å². The zero-order valence-electron chi connectivity index (χ0n) is 10.1. The molecule has 2 heterocycles. The van der Waals surface area contributed by atoms with Crippen LogP contribution in [0, 0.1) is 0 Å². The largest absolute Gasteiger partial charge is 0.480 e. The van der Waals surface area contributed by atoms with Crippen molar-refractivity contribution in [2.75, 3.05) is 6.54 Å². The summed E-state index contributed by atoms with van der Waals surface area (Å²) < 4.78 is 2.10. The molecule has 2 rings (SSSR count). The lowest BCUT2D eigenvalue weighted by molar-refractivity contribution is -0.153. The van der Waals surface area contributed by atoms with Gasteiger partial charge in [0.05, 0.1) is 3.79 Å². The van der Waals surface area contributed by atoms with Crippen molar-refractivity contribution in [3.05, 3.63) is 19.2 Å². The van der Waals surface area contributed by atoms with E-state index in [0.29, 0.717) is 6.54 Å². The Morgan fingerprint density at radius 2 is 2.28 bits per heavy atom. The van der Waals surface area contributed by atoms with Crippen LogP contribution in [0.3, 0.4) is 0 Å². The Kier molecular flexibility index (Phi) is 4.52. The van der Waals surface area contributed by atoms with E-state index in [9.17, 15) is 9.90 Å². The Bertz CT molecular complexity index is 443. The van der Waals surface area contributed by atoms with Gasteiger partial charge in [-0.2, -0.15) is 0 Å². The van der Waals surface area contributed by atoms with Gasteiger partial charge < -0.3 is 5.11 Å². The lowest BCUT2D eigenvalue weighted by atomic mass is 9.88. The van der Waals surface area contributed by atoms with Gasteiger partial charge in [0.15, 0.2) is 0 Å². The molecule has 0 amide bonds. The standard InChI is InChI=1S/C12H15Br2NO2S/c1-12(11(16)17)4-2-3-5-15(12)7-8-6-9(13)10(14)18-8/h6H,2-5,7H2,1H3,(H,16,17). The normalized spacial score (nSPS) is 25.3. The van der Waals surface area contributed by atoms with Crippen LogP contribution in [0.1, 0.15) is 31.1 Å². The molecule has 100 valence electrons. The molecule has 1 N–H and O–H groups in total. The summed E-state index contributed by atoms with van der Waals surface area (Å²) in [5.41, 5.74) is -0.721. The summed E-state index contributed by atoms with van der Waals surface area (Å²) in [5, 5.41) is 9.45. The molecule has 1 aliphatic heterocycles. The molecule has 0 radical (unpaired) electrons. The SMILES string of the molecule is CC1(C(=O)O)CCCCN1Cc1cc(Br)c(Br)s1. The molecule has 1 saturated heterocycles. The first-order chi connectivity index (χ1) is 8.43. The zero-order chi connectivity index (χ0) is 13.3. The molecule has 3 nitrogen and oxygen atoms in total. The molecule has 0 aliphatic carbocycles. The summed E-state index contributed by atoms with van der Waals surface area (Å²) in [6.07, 6.45) is 2.81. The average Bonchev–Trinajstić information content (AvgIpc) is 2.61. The summed E-state index contributed by atoms with van der Waals surface area (Å²) in [7, 11) is 0. The number of hydrogen-bond acceptors (Lipinski definition) is 3. The molecule has 1 fully saturated rings. The molecule has 1 atom stereocenters. The number of carboxylic acid groups (broad SMARTS) is 1. The van der Waals surface area contributed by atoms with Gasteiger partial charge in [0.1, 0.15) is 5.54 Å². The molecule has 0 saturated carbocycles. The highest BCUT2D eigenvalue weighted by molar-refractivity contribution is 9.13. The Hall–Kier alpha value is 0.0900. The van der Waals surface area contributed by atoms with Crippen LogP contribution in [-0.2, 0) is 11.3 Å². The highest BCUT2D eigenvalue weighted by Crippen LogP contribution is 2.36. The van der Waals surface area contributed by atoms with Gasteiger partial charge in [-0.15, -0.1) is 11.3 Å². The van der Waals surface area contributed by atoms with Crippen LogP contribution in [0.15, 0.2) is 14.3 Å². The van der Waals surface area contributed by atoms with Gasteiger partial charge >= 0.3 is 5.97 Å². The van der Waals surface area contributed by atoms with Gasteiger partial charge in [-0.1, -0.05) is 0 Å². The third-order valence-corrected chi connectivity index (χ3v) is 6.78. The molecule has 0 spiro atoms. The summed E-state index contributed by atoms with van der Waals surface area (Å²) in [4.78, 5) is 14.8. The summed E-state index contributed by atoms with van der Waals surface area (Å²) in [6.45, 7) is 3.40. The van der Waals surface area contributed by atoms with Gasteiger partial charge in [0.2, 0.25) is 0 Å². The number of halogens is 2. The maximum Gasteiger partial charge on any atom is 0.323 e. The Labute approximate surface area is 127 Å². The number of piperidine rings is 1. The van der Waals surface area contributed by atoms with E-state index in [1.54, 1.807) is 11.3 Å². The van der Waals surface area contributed by atoms with Crippen LogP contribution in [0.5, 0.6) is 0 Å². The first-order valence-corrected chi connectivity index (χ1v) is 8.26. The highest BCUT2D eigenvalue weighted by Gasteiger charge is 2.41. The molecule has 6 heteroatoms. The van der Waals surface area contributed by atoms with E-state index in [4.69, 9.17) is 0 Å². The van der Waals surface area contributed by atoms with E-state index in [1.165, 1.54) is 4.88 Å². The molecular formula is C12H15Br2NO2S. The fraction of sp³-hybridized carbons (Fsp3) is 0.583. The number of rotatable bonds is 3. The smallest absolute Gasteiger partial charge is 0.323 e. The Morgan fingerprint density at radius 3 is 2.83 bits per heavy atom. The molecule has 1 aromatic rings. The summed E-state index contributed by atoms with van der Waals surface area (Å²) in [6, 6.07) is 2.06. The minimum absolute atomic E-state index is 0.706. The lowest BCUT2D eigenvalue weighted by Crippen LogP contribution is -2.54. The van der Waals surface area contributed by atoms with Crippen molar-refractivity contribution in [3.8, 4) is 0 Å². The monoisotopic (exact) mass is 395 g/mol. The predicted octanol–water partition coefficient (Wildman–Crippen LogP) is 4.10. The maximum atomic E-state index is 11.5. The Morgan fingerprint density at radius 1 is 1.56 bits per heavy atom. The predicted molar refractivity (Wildman–Crippen MR) is 80.0 cm³/mol. The Balaban J connectivity index is 2.17. The average molecular weight is 397 g/mol. The van der Waals surface area contributed by atoms with E-state index < -0.39 is 11.5 Å². The minimum atomic E-state index is -0.721. The number of carbonyl (C=O) groups is 1. The van der Waals surface area contributed by atoms with Crippen LogP contribution in [-0.4, -0.2) is 28.1 Å². The third kappa shape index (κ3) is 2.81.